The largest absolute Gasteiger partial charge is 0.384 e. The molecule has 0 radical (unpaired) electrons. The zero-order valence-corrected chi connectivity index (χ0v) is 9.59. The molecule has 0 saturated carbocycles. The van der Waals surface area contributed by atoms with Gasteiger partial charge in [0.1, 0.15) is 0 Å². The predicted octanol–water partition coefficient (Wildman–Crippen LogP) is 1.57. The van der Waals surface area contributed by atoms with E-state index in [1.165, 1.54) is 0 Å². The molecule has 1 amide bonds. The van der Waals surface area contributed by atoms with Gasteiger partial charge in [-0.3, -0.25) is 4.79 Å². The second-order valence-electron chi connectivity index (χ2n) is 5.01. The number of hydrogen-bond donors (Lipinski definition) is 1. The molecule has 1 fully saturated rings. The first-order valence-corrected chi connectivity index (χ1v) is 5.26. The quantitative estimate of drug-likeness (QED) is 0.746. The van der Waals surface area contributed by atoms with E-state index >= 15 is 0 Å². The fraction of sp³-hybridized carbons (Fsp3) is 0.909. The summed E-state index contributed by atoms with van der Waals surface area (Å²) in [5.41, 5.74) is -0.0178. The summed E-state index contributed by atoms with van der Waals surface area (Å²) in [6.45, 7) is 7.14. The maximum Gasteiger partial charge on any atom is 0.220 e. The number of ether oxygens (including phenoxy) is 1. The molecule has 0 bridgehead atoms. The smallest absolute Gasteiger partial charge is 0.220 e. The first-order valence-electron chi connectivity index (χ1n) is 5.26. The van der Waals surface area contributed by atoms with Gasteiger partial charge in [-0.1, -0.05) is 20.8 Å². The first kappa shape index (κ1) is 11.5. The van der Waals surface area contributed by atoms with Gasteiger partial charge < -0.3 is 10.1 Å². The van der Waals surface area contributed by atoms with E-state index in [9.17, 15) is 4.79 Å². The Bertz CT molecular complexity index is 215. The molecule has 0 spiro atoms. The number of methoxy groups -OCH3 is 1. The van der Waals surface area contributed by atoms with E-state index in [2.05, 4.69) is 26.1 Å². The average molecular weight is 199 g/mol. The number of carbonyl (C=O) groups is 1. The third kappa shape index (κ3) is 2.47. The van der Waals surface area contributed by atoms with Gasteiger partial charge in [0.15, 0.2) is 0 Å². The van der Waals surface area contributed by atoms with Crippen molar-refractivity contribution in [3.63, 3.8) is 0 Å². The third-order valence-electron chi connectivity index (χ3n) is 2.92. The molecule has 1 rings (SSSR count). The van der Waals surface area contributed by atoms with Gasteiger partial charge in [0.2, 0.25) is 5.91 Å². The summed E-state index contributed by atoms with van der Waals surface area (Å²) >= 11 is 0. The Kier molecular flexibility index (Phi) is 3.53. The fourth-order valence-electron chi connectivity index (χ4n) is 2.21. The summed E-state index contributed by atoms with van der Waals surface area (Å²) < 4.78 is 5.20. The van der Waals surface area contributed by atoms with Crippen LogP contribution in [-0.4, -0.2) is 25.7 Å². The Hall–Kier alpha value is -0.570. The molecule has 0 aromatic carbocycles. The van der Waals surface area contributed by atoms with Crippen LogP contribution >= 0.6 is 0 Å². The minimum Gasteiger partial charge on any atom is -0.384 e. The van der Waals surface area contributed by atoms with Gasteiger partial charge in [-0.05, 0) is 12.3 Å². The highest BCUT2D eigenvalue weighted by Crippen LogP contribution is 2.34. The normalized spacial score (nSPS) is 32.4. The number of carbonyl (C=O) groups excluding carboxylic acids is 1. The standard InChI is InChI=1S/C11H21NO2/c1-8(2)5-9-11(3,7-14-4)6-10(13)12-9/h8-9H,5-7H2,1-4H3,(H,12,13). The summed E-state index contributed by atoms with van der Waals surface area (Å²) in [7, 11) is 1.69. The highest BCUT2D eigenvalue weighted by Gasteiger charge is 2.43. The van der Waals surface area contributed by atoms with Gasteiger partial charge in [-0.15, -0.1) is 0 Å². The molecule has 0 aromatic heterocycles. The van der Waals surface area contributed by atoms with Crippen LogP contribution < -0.4 is 5.32 Å². The van der Waals surface area contributed by atoms with Crippen molar-refractivity contribution in [2.75, 3.05) is 13.7 Å². The SMILES string of the molecule is COCC1(C)CC(=O)NC1CC(C)C. The van der Waals surface area contributed by atoms with E-state index < -0.39 is 0 Å². The summed E-state index contributed by atoms with van der Waals surface area (Å²) in [4.78, 5) is 11.4. The lowest BCUT2D eigenvalue weighted by Gasteiger charge is -2.30. The molecule has 1 aliphatic heterocycles. The molecule has 0 aromatic rings. The van der Waals surface area contributed by atoms with Crippen LogP contribution in [0.5, 0.6) is 0 Å². The zero-order valence-electron chi connectivity index (χ0n) is 9.59. The molecule has 14 heavy (non-hydrogen) atoms. The van der Waals surface area contributed by atoms with E-state index in [0.29, 0.717) is 18.9 Å². The molecular formula is C11H21NO2. The van der Waals surface area contributed by atoms with E-state index in [-0.39, 0.29) is 17.4 Å². The molecular weight excluding hydrogens is 178 g/mol. The van der Waals surface area contributed by atoms with Crippen LogP contribution in [-0.2, 0) is 9.53 Å². The molecule has 0 aliphatic carbocycles. The van der Waals surface area contributed by atoms with Gasteiger partial charge in [-0.2, -0.15) is 0 Å². The lowest BCUT2D eigenvalue weighted by atomic mass is 9.80. The van der Waals surface area contributed by atoms with Crippen molar-refractivity contribution in [2.24, 2.45) is 11.3 Å². The molecule has 1 saturated heterocycles. The Balaban J connectivity index is 2.66. The van der Waals surface area contributed by atoms with Crippen molar-refractivity contribution in [1.29, 1.82) is 0 Å². The predicted molar refractivity (Wildman–Crippen MR) is 56.0 cm³/mol. The van der Waals surface area contributed by atoms with Gasteiger partial charge in [-0.25, -0.2) is 0 Å². The van der Waals surface area contributed by atoms with Crippen LogP contribution in [0.2, 0.25) is 0 Å². The van der Waals surface area contributed by atoms with Crippen LogP contribution in [0.25, 0.3) is 0 Å². The maximum atomic E-state index is 11.4. The van der Waals surface area contributed by atoms with E-state index in [4.69, 9.17) is 4.74 Å². The highest BCUT2D eigenvalue weighted by molar-refractivity contribution is 5.79. The summed E-state index contributed by atoms with van der Waals surface area (Å²) in [5.74, 6) is 0.768. The average Bonchev–Trinajstić information content (AvgIpc) is 2.26. The summed E-state index contributed by atoms with van der Waals surface area (Å²) in [6.07, 6.45) is 1.63. The van der Waals surface area contributed by atoms with Crippen LogP contribution in [0.4, 0.5) is 0 Å². The van der Waals surface area contributed by atoms with Crippen LogP contribution in [0.15, 0.2) is 0 Å². The zero-order chi connectivity index (χ0) is 10.8. The Morgan fingerprint density at radius 1 is 1.64 bits per heavy atom. The number of amides is 1. The number of hydrogen-bond acceptors (Lipinski definition) is 2. The lowest BCUT2D eigenvalue weighted by molar-refractivity contribution is -0.119. The first-order chi connectivity index (χ1) is 6.48. The minimum absolute atomic E-state index is 0.0178. The number of nitrogens with one attached hydrogen (secondary N) is 1. The third-order valence-corrected chi connectivity index (χ3v) is 2.92. The van der Waals surface area contributed by atoms with Gasteiger partial charge in [0.05, 0.1) is 6.61 Å². The van der Waals surface area contributed by atoms with E-state index in [1.807, 2.05) is 0 Å². The van der Waals surface area contributed by atoms with Gasteiger partial charge in [0.25, 0.3) is 0 Å². The Morgan fingerprint density at radius 3 is 2.79 bits per heavy atom. The van der Waals surface area contributed by atoms with Gasteiger partial charge >= 0.3 is 0 Å². The summed E-state index contributed by atoms with van der Waals surface area (Å²) in [5, 5.41) is 3.04. The van der Waals surface area contributed by atoms with Crippen molar-refractivity contribution in [2.45, 2.75) is 39.7 Å². The molecule has 1 heterocycles. The van der Waals surface area contributed by atoms with Crippen molar-refractivity contribution < 1.29 is 9.53 Å². The van der Waals surface area contributed by atoms with Crippen molar-refractivity contribution in [3.05, 3.63) is 0 Å². The van der Waals surface area contributed by atoms with Crippen LogP contribution in [0, 0.1) is 11.3 Å². The van der Waals surface area contributed by atoms with Crippen LogP contribution in [0.3, 0.4) is 0 Å². The molecule has 3 heteroatoms. The minimum atomic E-state index is -0.0178. The Morgan fingerprint density at radius 2 is 2.29 bits per heavy atom. The monoisotopic (exact) mass is 199 g/mol. The highest BCUT2D eigenvalue weighted by atomic mass is 16.5. The summed E-state index contributed by atoms with van der Waals surface area (Å²) in [6, 6.07) is 0.273. The second-order valence-corrected chi connectivity index (χ2v) is 5.01. The maximum absolute atomic E-state index is 11.4. The van der Waals surface area contributed by atoms with Crippen molar-refractivity contribution in [1.82, 2.24) is 5.32 Å². The topological polar surface area (TPSA) is 38.3 Å². The van der Waals surface area contributed by atoms with E-state index in [1.54, 1.807) is 7.11 Å². The molecule has 1 aliphatic rings. The van der Waals surface area contributed by atoms with Crippen molar-refractivity contribution >= 4 is 5.91 Å². The molecule has 2 atom stereocenters. The Labute approximate surface area is 86.2 Å². The number of rotatable bonds is 4. The van der Waals surface area contributed by atoms with Gasteiger partial charge in [0, 0.05) is 25.0 Å². The second kappa shape index (κ2) is 4.30. The molecule has 2 unspecified atom stereocenters. The van der Waals surface area contributed by atoms with Crippen molar-refractivity contribution in [3.8, 4) is 0 Å². The lowest BCUT2D eigenvalue weighted by Crippen LogP contribution is -2.39. The molecule has 3 nitrogen and oxygen atoms in total. The molecule has 1 N–H and O–H groups in total. The molecule has 82 valence electrons. The van der Waals surface area contributed by atoms with E-state index in [0.717, 1.165) is 6.42 Å². The fourth-order valence-corrected chi connectivity index (χ4v) is 2.21. The van der Waals surface area contributed by atoms with Crippen LogP contribution in [0.1, 0.15) is 33.6 Å².